The minimum atomic E-state index is -0.944. The van der Waals surface area contributed by atoms with Gasteiger partial charge < -0.3 is 9.67 Å². The predicted molar refractivity (Wildman–Crippen MR) is 98.6 cm³/mol. The molecule has 3 rings (SSSR count). The summed E-state index contributed by atoms with van der Waals surface area (Å²) >= 11 is 0. The number of H-pyrrole nitrogens is 3. The van der Waals surface area contributed by atoms with Crippen LogP contribution in [0.1, 0.15) is 20.3 Å². The molecule has 0 radical (unpaired) electrons. The van der Waals surface area contributed by atoms with E-state index in [1.807, 2.05) is 23.8 Å². The van der Waals surface area contributed by atoms with E-state index >= 15 is 0 Å². The number of azo groups is 1. The standard InChI is InChI=1S/C15H18N8O5/c1-6(2)4-5-23-8-9(22(3)15(28)19-12(8)26)16-13(23)21-20-7-10(24)17-14(27)18-11(7)25/h6H,4-5H2,1-3H3,(H,19,26,28)(H3,17,18,24,25,27). The fourth-order valence-corrected chi connectivity index (χ4v) is 2.55. The Labute approximate surface area is 155 Å². The zero-order chi connectivity index (χ0) is 20.6. The molecular formula is C15H18N8O5. The molecule has 4 N–H and O–H groups in total. The van der Waals surface area contributed by atoms with Crippen molar-refractivity contribution in [2.24, 2.45) is 23.2 Å². The van der Waals surface area contributed by atoms with E-state index in [-0.39, 0.29) is 17.1 Å². The van der Waals surface area contributed by atoms with Crippen LogP contribution in [0.5, 0.6) is 5.88 Å². The highest BCUT2D eigenvalue weighted by Gasteiger charge is 2.18. The van der Waals surface area contributed by atoms with Gasteiger partial charge in [-0.25, -0.2) is 9.59 Å². The van der Waals surface area contributed by atoms with Crippen LogP contribution in [0.15, 0.2) is 29.4 Å². The molecule has 0 bridgehead atoms. The summed E-state index contributed by atoms with van der Waals surface area (Å²) in [6.45, 7) is 4.36. The number of aromatic nitrogens is 6. The molecule has 13 heteroatoms. The normalized spacial score (nSPS) is 11.9. The molecule has 0 spiro atoms. The molecule has 0 unspecified atom stereocenters. The lowest BCUT2D eigenvalue weighted by atomic mass is 10.1. The van der Waals surface area contributed by atoms with Crippen LogP contribution < -0.4 is 22.5 Å². The third-order valence-corrected chi connectivity index (χ3v) is 4.05. The van der Waals surface area contributed by atoms with Crippen molar-refractivity contribution in [1.29, 1.82) is 0 Å². The van der Waals surface area contributed by atoms with Gasteiger partial charge >= 0.3 is 11.4 Å². The van der Waals surface area contributed by atoms with Gasteiger partial charge in [-0.1, -0.05) is 13.8 Å². The van der Waals surface area contributed by atoms with Crippen LogP contribution >= 0.6 is 0 Å². The smallest absolute Gasteiger partial charge is 0.329 e. The van der Waals surface area contributed by atoms with Crippen molar-refractivity contribution in [2.75, 3.05) is 0 Å². The molecule has 0 aliphatic carbocycles. The molecule has 0 atom stereocenters. The molecular weight excluding hydrogens is 372 g/mol. The lowest BCUT2D eigenvalue weighted by Crippen LogP contribution is -2.29. The molecule has 0 saturated carbocycles. The molecule has 0 aliphatic rings. The summed E-state index contributed by atoms with van der Waals surface area (Å²) in [6.07, 6.45) is 0.681. The van der Waals surface area contributed by atoms with Gasteiger partial charge in [0.2, 0.25) is 11.6 Å². The average molecular weight is 390 g/mol. The highest BCUT2D eigenvalue weighted by molar-refractivity contribution is 5.73. The van der Waals surface area contributed by atoms with Crippen molar-refractivity contribution in [3.05, 3.63) is 41.7 Å². The van der Waals surface area contributed by atoms with E-state index in [4.69, 9.17) is 0 Å². The van der Waals surface area contributed by atoms with Gasteiger partial charge in [-0.3, -0.25) is 29.1 Å². The molecule has 13 nitrogen and oxygen atoms in total. The topological polar surface area (TPSA) is 183 Å². The van der Waals surface area contributed by atoms with Crippen LogP contribution in [0.4, 0.5) is 11.6 Å². The van der Waals surface area contributed by atoms with Crippen molar-refractivity contribution >= 4 is 22.8 Å². The summed E-state index contributed by atoms with van der Waals surface area (Å²) in [5.41, 5.74) is -3.38. The Morgan fingerprint density at radius 1 is 1.07 bits per heavy atom. The van der Waals surface area contributed by atoms with Crippen molar-refractivity contribution in [3.8, 4) is 5.88 Å². The Bertz CT molecular complexity index is 1300. The van der Waals surface area contributed by atoms with Gasteiger partial charge in [0.15, 0.2) is 11.2 Å². The third kappa shape index (κ3) is 3.41. The van der Waals surface area contributed by atoms with Crippen molar-refractivity contribution in [3.63, 3.8) is 0 Å². The molecule has 3 aromatic heterocycles. The first-order valence-corrected chi connectivity index (χ1v) is 8.36. The molecule has 0 saturated heterocycles. The predicted octanol–water partition coefficient (Wildman–Crippen LogP) is -0.0330. The lowest BCUT2D eigenvalue weighted by molar-refractivity contribution is 0.450. The fraction of sp³-hybridized carbons (Fsp3) is 0.400. The molecule has 0 amide bonds. The summed E-state index contributed by atoms with van der Waals surface area (Å²) in [7, 11) is 1.44. The summed E-state index contributed by atoms with van der Waals surface area (Å²) in [6, 6.07) is 0. The van der Waals surface area contributed by atoms with Gasteiger partial charge in [0, 0.05) is 13.6 Å². The van der Waals surface area contributed by atoms with E-state index in [2.05, 4.69) is 20.2 Å². The summed E-state index contributed by atoms with van der Waals surface area (Å²) < 4.78 is 2.64. The van der Waals surface area contributed by atoms with Gasteiger partial charge in [-0.15, -0.1) is 10.2 Å². The Morgan fingerprint density at radius 3 is 2.43 bits per heavy atom. The van der Waals surface area contributed by atoms with Crippen molar-refractivity contribution in [2.45, 2.75) is 26.8 Å². The molecule has 28 heavy (non-hydrogen) atoms. The van der Waals surface area contributed by atoms with Crippen LogP contribution in [0.3, 0.4) is 0 Å². The number of imidazole rings is 1. The van der Waals surface area contributed by atoms with Gasteiger partial charge in [0.05, 0.1) is 0 Å². The average Bonchev–Trinajstić information content (AvgIpc) is 2.96. The van der Waals surface area contributed by atoms with Gasteiger partial charge in [-0.2, -0.15) is 4.98 Å². The summed E-state index contributed by atoms with van der Waals surface area (Å²) in [5, 5.41) is 17.2. The number of hydrogen-bond donors (Lipinski definition) is 4. The number of rotatable bonds is 5. The monoisotopic (exact) mass is 390 g/mol. The van der Waals surface area contributed by atoms with E-state index in [1.165, 1.54) is 11.6 Å². The highest BCUT2D eigenvalue weighted by Crippen LogP contribution is 2.23. The Morgan fingerprint density at radius 2 is 1.79 bits per heavy atom. The SMILES string of the molecule is CC(C)CCn1c(N=Nc2c(O)[nH]c(=O)[nH]c2=O)nc2c1c(=O)[nH]c(=O)n2C. The van der Waals surface area contributed by atoms with Crippen LogP contribution in [0.25, 0.3) is 11.2 Å². The van der Waals surface area contributed by atoms with Gasteiger partial charge in [0.25, 0.3) is 17.1 Å². The lowest BCUT2D eigenvalue weighted by Gasteiger charge is -2.08. The maximum atomic E-state index is 12.3. The Hall–Kier alpha value is -3.77. The minimum absolute atomic E-state index is 0.0349. The Kier molecular flexibility index (Phi) is 4.81. The van der Waals surface area contributed by atoms with Crippen LogP contribution in [0, 0.1) is 5.92 Å². The van der Waals surface area contributed by atoms with Crippen LogP contribution in [0.2, 0.25) is 0 Å². The van der Waals surface area contributed by atoms with E-state index < -0.39 is 34.1 Å². The molecule has 148 valence electrons. The maximum absolute atomic E-state index is 12.3. The number of nitrogens with one attached hydrogen (secondary N) is 3. The van der Waals surface area contributed by atoms with E-state index in [0.717, 1.165) is 4.57 Å². The van der Waals surface area contributed by atoms with Gasteiger partial charge in [0.1, 0.15) is 0 Å². The number of nitrogens with zero attached hydrogens (tertiary/aromatic N) is 5. The Balaban J connectivity index is 2.21. The first-order chi connectivity index (χ1) is 13.2. The largest absolute Gasteiger partial charge is 0.493 e. The second-order valence-electron chi connectivity index (χ2n) is 6.54. The zero-order valence-electron chi connectivity index (χ0n) is 15.3. The van der Waals surface area contributed by atoms with E-state index in [1.54, 1.807) is 0 Å². The first kappa shape index (κ1) is 19.0. The molecule has 3 heterocycles. The van der Waals surface area contributed by atoms with Gasteiger partial charge in [-0.05, 0) is 12.3 Å². The highest BCUT2D eigenvalue weighted by atomic mass is 16.3. The molecule has 0 aliphatic heterocycles. The molecule has 3 aromatic rings. The second-order valence-corrected chi connectivity index (χ2v) is 6.54. The number of fused-ring (bicyclic) bond motifs is 1. The zero-order valence-corrected chi connectivity index (χ0v) is 15.3. The maximum Gasteiger partial charge on any atom is 0.329 e. The molecule has 0 aromatic carbocycles. The third-order valence-electron chi connectivity index (χ3n) is 4.05. The molecule has 0 fully saturated rings. The number of aromatic hydroxyl groups is 1. The van der Waals surface area contributed by atoms with Crippen LogP contribution in [-0.4, -0.2) is 34.2 Å². The first-order valence-electron chi connectivity index (χ1n) is 8.36. The van der Waals surface area contributed by atoms with E-state index in [9.17, 15) is 24.3 Å². The van der Waals surface area contributed by atoms with E-state index in [0.29, 0.717) is 18.9 Å². The van der Waals surface area contributed by atoms with Crippen LogP contribution in [-0.2, 0) is 13.6 Å². The quantitative estimate of drug-likeness (QED) is 0.443. The number of hydrogen-bond acceptors (Lipinski definition) is 8. The number of aryl methyl sites for hydroxylation is 2. The van der Waals surface area contributed by atoms with Crippen molar-refractivity contribution in [1.82, 2.24) is 29.1 Å². The summed E-state index contributed by atoms with van der Waals surface area (Å²) in [4.78, 5) is 57.4. The summed E-state index contributed by atoms with van der Waals surface area (Å²) in [5.74, 6) is -0.486. The van der Waals surface area contributed by atoms with Crippen molar-refractivity contribution < 1.29 is 5.11 Å². The number of aromatic amines is 3. The second kappa shape index (κ2) is 7.09. The minimum Gasteiger partial charge on any atom is -0.493 e. The fourth-order valence-electron chi connectivity index (χ4n) is 2.55.